The first-order valence-corrected chi connectivity index (χ1v) is 14.3. The topological polar surface area (TPSA) is 96.5 Å². The number of ether oxygens (including phenoxy) is 1. The first kappa shape index (κ1) is 31.3. The first-order valence-electron chi connectivity index (χ1n) is 12.4. The summed E-state index contributed by atoms with van der Waals surface area (Å²) >= 11 is 31.4. The minimum absolute atomic E-state index is 0.136. The maximum absolute atomic E-state index is 13.1. The van der Waals surface area contributed by atoms with Crippen LogP contribution in [0.25, 0.3) is 0 Å². The molecule has 216 valence electrons. The van der Waals surface area contributed by atoms with Gasteiger partial charge in [-0.1, -0.05) is 34.8 Å². The Bertz CT molecular complexity index is 1520. The average Bonchev–Trinajstić information content (AvgIpc) is 3.42. The fraction of sp³-hybridized carbons (Fsp3) is 0.276. The van der Waals surface area contributed by atoms with Gasteiger partial charge in [-0.15, -0.1) is 23.2 Å². The molecule has 3 amide bonds. The van der Waals surface area contributed by atoms with Gasteiger partial charge in [-0.3, -0.25) is 14.9 Å². The zero-order valence-corrected chi connectivity index (χ0v) is 26.2. The molecule has 7 nitrogen and oxygen atoms in total. The third kappa shape index (κ3) is 7.59. The molecule has 1 saturated carbocycles. The van der Waals surface area contributed by atoms with Crippen molar-refractivity contribution >= 4 is 93.0 Å². The quantitative estimate of drug-likeness (QED) is 0.231. The average molecular weight is 658 g/mol. The van der Waals surface area contributed by atoms with E-state index in [4.69, 9.17) is 62.7 Å². The van der Waals surface area contributed by atoms with Crippen molar-refractivity contribution in [2.24, 2.45) is 5.92 Å². The van der Waals surface area contributed by atoms with Gasteiger partial charge in [0.05, 0.1) is 16.5 Å². The normalized spacial score (nSPS) is 17.4. The van der Waals surface area contributed by atoms with E-state index in [-0.39, 0.29) is 10.6 Å². The van der Waals surface area contributed by atoms with E-state index in [0.29, 0.717) is 38.2 Å². The molecule has 0 heterocycles. The number of aryl methyl sites for hydroxylation is 1. The highest BCUT2D eigenvalue weighted by Gasteiger charge is 2.67. The molecule has 2 atom stereocenters. The number of nitrogens with one attached hydrogen (secondary N) is 3. The van der Waals surface area contributed by atoms with Crippen LogP contribution in [0.5, 0.6) is 0 Å². The molecule has 0 radical (unpaired) electrons. The van der Waals surface area contributed by atoms with Crippen molar-refractivity contribution < 1.29 is 19.1 Å². The highest BCUT2D eigenvalue weighted by Crippen LogP contribution is 2.65. The van der Waals surface area contributed by atoms with E-state index in [1.165, 1.54) is 12.1 Å². The van der Waals surface area contributed by atoms with Gasteiger partial charge in [-0.2, -0.15) is 0 Å². The summed E-state index contributed by atoms with van der Waals surface area (Å²) < 4.78 is 3.91. The van der Waals surface area contributed by atoms with E-state index in [1.54, 1.807) is 70.2 Å². The lowest BCUT2D eigenvalue weighted by molar-refractivity contribution is -0.117. The Morgan fingerprint density at radius 1 is 0.829 bits per heavy atom. The molecule has 1 aliphatic rings. The van der Waals surface area contributed by atoms with Crippen LogP contribution in [0.2, 0.25) is 15.1 Å². The van der Waals surface area contributed by atoms with Crippen LogP contribution in [0.1, 0.15) is 48.2 Å². The number of rotatable bonds is 6. The van der Waals surface area contributed by atoms with Crippen molar-refractivity contribution in [2.45, 2.75) is 43.5 Å². The van der Waals surface area contributed by atoms with Gasteiger partial charge in [0.1, 0.15) is 9.93 Å². The van der Waals surface area contributed by atoms with E-state index in [2.05, 4.69) is 16.0 Å². The Hall–Kier alpha value is -2.68. The number of hydrogen-bond acceptors (Lipinski definition) is 4. The van der Waals surface area contributed by atoms with Crippen LogP contribution < -0.4 is 16.0 Å². The molecule has 3 N–H and O–H groups in total. The third-order valence-electron chi connectivity index (χ3n) is 6.18. The molecule has 2 unspecified atom stereocenters. The van der Waals surface area contributed by atoms with Crippen molar-refractivity contribution in [3.05, 3.63) is 86.4 Å². The van der Waals surface area contributed by atoms with Crippen LogP contribution in [0.3, 0.4) is 0 Å². The minimum atomic E-state index is -1.35. The van der Waals surface area contributed by atoms with Crippen LogP contribution in [-0.4, -0.2) is 27.8 Å². The molecule has 1 fully saturated rings. The Labute approximate surface area is 262 Å². The standard InChI is InChI=1S/C29H26Cl5N3O4/c1-14-9-18(36-27(40)41-28(2,3)4)6-8-22(14)37-25(38)20-13-19(5-7-21(20)32)35-26(39)24-23(29(24,33)34)15-10-16(30)12-17(31)11-15/h5-13,23-24H,1-4H3,(H,35,39)(H,36,40)(H,37,38). The molecule has 12 heteroatoms. The summed E-state index contributed by atoms with van der Waals surface area (Å²) in [7, 11) is 0. The van der Waals surface area contributed by atoms with Crippen LogP contribution in [-0.2, 0) is 9.53 Å². The summed E-state index contributed by atoms with van der Waals surface area (Å²) in [5.74, 6) is -2.23. The predicted octanol–water partition coefficient (Wildman–Crippen LogP) is 9.08. The minimum Gasteiger partial charge on any atom is -0.444 e. The van der Waals surface area contributed by atoms with E-state index in [0.717, 1.165) is 0 Å². The molecule has 3 aromatic carbocycles. The van der Waals surface area contributed by atoms with Crippen molar-refractivity contribution in [3.8, 4) is 0 Å². The highest BCUT2D eigenvalue weighted by atomic mass is 35.5. The molecule has 0 spiro atoms. The third-order valence-corrected chi connectivity index (χ3v) is 7.88. The van der Waals surface area contributed by atoms with Crippen molar-refractivity contribution in [2.75, 3.05) is 16.0 Å². The van der Waals surface area contributed by atoms with Crippen LogP contribution in [0.15, 0.2) is 54.6 Å². The lowest BCUT2D eigenvalue weighted by atomic mass is 10.1. The highest BCUT2D eigenvalue weighted by molar-refractivity contribution is 6.53. The SMILES string of the molecule is Cc1cc(NC(=O)OC(C)(C)C)ccc1NC(=O)c1cc(NC(=O)C2C(c3cc(Cl)cc(Cl)c3)C2(Cl)Cl)ccc1Cl. The Kier molecular flexibility index (Phi) is 9.07. The molecule has 0 saturated heterocycles. The molecule has 1 aliphatic carbocycles. The fourth-order valence-corrected chi connectivity index (χ4v) is 5.89. The van der Waals surface area contributed by atoms with Gasteiger partial charge in [-0.25, -0.2) is 4.79 Å². The first-order chi connectivity index (χ1) is 19.0. The maximum atomic E-state index is 13.1. The molecular formula is C29H26Cl5N3O4. The fourth-order valence-electron chi connectivity index (χ4n) is 4.31. The predicted molar refractivity (Wildman–Crippen MR) is 166 cm³/mol. The number of carbonyl (C=O) groups is 3. The van der Waals surface area contributed by atoms with Gasteiger partial charge >= 0.3 is 6.09 Å². The van der Waals surface area contributed by atoms with E-state index in [1.807, 2.05) is 0 Å². The van der Waals surface area contributed by atoms with Crippen LogP contribution in [0, 0.1) is 12.8 Å². The van der Waals surface area contributed by atoms with Gasteiger partial charge in [0.2, 0.25) is 5.91 Å². The second-order valence-electron chi connectivity index (χ2n) is 10.6. The second kappa shape index (κ2) is 11.9. The summed E-state index contributed by atoms with van der Waals surface area (Å²) in [6.45, 7) is 7.08. The largest absolute Gasteiger partial charge is 0.444 e. The summed E-state index contributed by atoms with van der Waals surface area (Å²) in [6.07, 6.45) is -0.589. The van der Waals surface area contributed by atoms with Crippen molar-refractivity contribution in [1.82, 2.24) is 0 Å². The maximum Gasteiger partial charge on any atom is 0.412 e. The molecular weight excluding hydrogens is 632 g/mol. The lowest BCUT2D eigenvalue weighted by Gasteiger charge is -2.20. The molecule has 3 aromatic rings. The number of halogens is 5. The van der Waals surface area contributed by atoms with Crippen LogP contribution >= 0.6 is 58.0 Å². The van der Waals surface area contributed by atoms with Gasteiger partial charge in [0, 0.05) is 33.0 Å². The van der Waals surface area contributed by atoms with E-state index >= 15 is 0 Å². The number of carbonyl (C=O) groups excluding carboxylic acids is 3. The Morgan fingerprint density at radius 3 is 2.05 bits per heavy atom. The number of benzene rings is 3. The Morgan fingerprint density at radius 2 is 1.44 bits per heavy atom. The van der Waals surface area contributed by atoms with Gasteiger partial charge < -0.3 is 15.4 Å². The second-order valence-corrected chi connectivity index (χ2v) is 13.4. The molecule has 0 bridgehead atoms. The molecule has 0 aromatic heterocycles. The van der Waals surface area contributed by atoms with E-state index < -0.39 is 39.7 Å². The monoisotopic (exact) mass is 655 g/mol. The van der Waals surface area contributed by atoms with Crippen LogP contribution in [0.4, 0.5) is 21.9 Å². The summed E-state index contributed by atoms with van der Waals surface area (Å²) in [5, 5.41) is 9.22. The number of alkyl halides is 2. The Balaban J connectivity index is 1.45. The van der Waals surface area contributed by atoms with E-state index in [9.17, 15) is 14.4 Å². The smallest absolute Gasteiger partial charge is 0.412 e. The summed E-state index contributed by atoms with van der Waals surface area (Å²) in [6, 6.07) is 14.4. The van der Waals surface area contributed by atoms with Crippen molar-refractivity contribution in [1.29, 1.82) is 0 Å². The lowest BCUT2D eigenvalue weighted by Crippen LogP contribution is -2.27. The van der Waals surface area contributed by atoms with Gasteiger partial charge in [0.15, 0.2) is 0 Å². The zero-order chi connectivity index (χ0) is 30.3. The summed E-state index contributed by atoms with van der Waals surface area (Å²) in [5.41, 5.74) is 2.17. The summed E-state index contributed by atoms with van der Waals surface area (Å²) in [4.78, 5) is 38.3. The number of amides is 3. The van der Waals surface area contributed by atoms with Gasteiger partial charge in [-0.05, 0) is 93.4 Å². The van der Waals surface area contributed by atoms with Gasteiger partial charge in [0.25, 0.3) is 5.91 Å². The molecule has 0 aliphatic heterocycles. The molecule has 41 heavy (non-hydrogen) atoms. The number of anilines is 3. The number of hydrogen-bond donors (Lipinski definition) is 3. The molecule has 4 rings (SSSR count). The zero-order valence-electron chi connectivity index (χ0n) is 22.4. The van der Waals surface area contributed by atoms with Crippen molar-refractivity contribution in [3.63, 3.8) is 0 Å².